The van der Waals surface area contributed by atoms with Crippen molar-refractivity contribution in [2.24, 2.45) is 5.73 Å². The molecular formula is C11H17NS. The van der Waals surface area contributed by atoms with E-state index in [4.69, 9.17) is 5.73 Å². The highest BCUT2D eigenvalue weighted by Crippen LogP contribution is 2.20. The summed E-state index contributed by atoms with van der Waals surface area (Å²) in [5.41, 5.74) is 6.97. The van der Waals surface area contributed by atoms with Crippen molar-refractivity contribution in [2.45, 2.75) is 31.2 Å². The molecule has 0 bridgehead atoms. The largest absolute Gasteiger partial charge is 0.324 e. The van der Waals surface area contributed by atoms with Crippen molar-refractivity contribution in [3.05, 3.63) is 29.8 Å². The van der Waals surface area contributed by atoms with E-state index >= 15 is 0 Å². The Morgan fingerprint density at radius 2 is 1.92 bits per heavy atom. The Kier molecular flexibility index (Phi) is 4.33. The van der Waals surface area contributed by atoms with Gasteiger partial charge in [-0.3, -0.25) is 0 Å². The lowest BCUT2D eigenvalue weighted by molar-refractivity contribution is 0.817. The smallest absolute Gasteiger partial charge is 0.0266 e. The van der Waals surface area contributed by atoms with Crippen LogP contribution in [-0.4, -0.2) is 5.75 Å². The fraction of sp³-hybridized carbons (Fsp3) is 0.455. The number of nitrogens with two attached hydrogens (primary N) is 1. The summed E-state index contributed by atoms with van der Waals surface area (Å²) < 4.78 is 0. The highest BCUT2D eigenvalue weighted by atomic mass is 32.2. The van der Waals surface area contributed by atoms with Crippen molar-refractivity contribution >= 4 is 11.8 Å². The molecule has 1 unspecified atom stereocenters. The van der Waals surface area contributed by atoms with E-state index in [2.05, 4.69) is 31.2 Å². The Morgan fingerprint density at radius 1 is 1.31 bits per heavy atom. The first kappa shape index (κ1) is 10.6. The topological polar surface area (TPSA) is 26.0 Å². The van der Waals surface area contributed by atoms with Gasteiger partial charge in [0, 0.05) is 10.9 Å². The molecule has 0 spiro atoms. The SMILES string of the molecule is CCCSc1ccc(C(C)N)cc1. The fourth-order valence-corrected chi connectivity index (χ4v) is 1.86. The van der Waals surface area contributed by atoms with Gasteiger partial charge in [-0.05, 0) is 36.8 Å². The Hall–Kier alpha value is -0.470. The molecule has 0 fully saturated rings. The third kappa shape index (κ3) is 3.41. The third-order valence-corrected chi connectivity index (χ3v) is 3.10. The molecule has 0 radical (unpaired) electrons. The van der Waals surface area contributed by atoms with Crippen LogP contribution in [-0.2, 0) is 0 Å². The molecule has 13 heavy (non-hydrogen) atoms. The van der Waals surface area contributed by atoms with E-state index in [0.717, 1.165) is 0 Å². The van der Waals surface area contributed by atoms with Crippen LogP contribution in [0.4, 0.5) is 0 Å². The predicted octanol–water partition coefficient (Wildman–Crippen LogP) is 3.21. The first-order chi connectivity index (χ1) is 6.24. The van der Waals surface area contributed by atoms with Crippen molar-refractivity contribution in [1.29, 1.82) is 0 Å². The quantitative estimate of drug-likeness (QED) is 0.747. The molecule has 0 saturated carbocycles. The van der Waals surface area contributed by atoms with Crippen LogP contribution >= 0.6 is 11.8 Å². The molecule has 1 aromatic carbocycles. The van der Waals surface area contributed by atoms with Crippen LogP contribution in [0.1, 0.15) is 31.9 Å². The molecule has 1 rings (SSSR count). The molecule has 0 aliphatic carbocycles. The first-order valence-corrected chi connectivity index (χ1v) is 5.71. The molecule has 1 atom stereocenters. The van der Waals surface area contributed by atoms with Crippen molar-refractivity contribution in [2.75, 3.05) is 5.75 Å². The maximum atomic E-state index is 5.76. The van der Waals surface area contributed by atoms with Gasteiger partial charge in [-0.1, -0.05) is 19.1 Å². The second kappa shape index (κ2) is 5.30. The molecule has 0 aromatic heterocycles. The Balaban J connectivity index is 2.59. The van der Waals surface area contributed by atoms with Gasteiger partial charge in [0.15, 0.2) is 0 Å². The number of thioether (sulfide) groups is 1. The van der Waals surface area contributed by atoms with Gasteiger partial charge in [0.25, 0.3) is 0 Å². The summed E-state index contributed by atoms with van der Waals surface area (Å²) >= 11 is 1.90. The van der Waals surface area contributed by atoms with Crippen molar-refractivity contribution in [1.82, 2.24) is 0 Å². The van der Waals surface area contributed by atoms with E-state index in [1.807, 2.05) is 18.7 Å². The summed E-state index contributed by atoms with van der Waals surface area (Å²) in [6.45, 7) is 4.21. The minimum absolute atomic E-state index is 0.144. The lowest BCUT2D eigenvalue weighted by atomic mass is 10.1. The molecule has 2 N–H and O–H groups in total. The summed E-state index contributed by atoms with van der Waals surface area (Å²) in [6, 6.07) is 8.67. The van der Waals surface area contributed by atoms with Crippen molar-refractivity contribution in [3.63, 3.8) is 0 Å². The molecule has 72 valence electrons. The Labute approximate surface area is 84.7 Å². The molecular weight excluding hydrogens is 178 g/mol. The van der Waals surface area contributed by atoms with Gasteiger partial charge in [0.1, 0.15) is 0 Å². The van der Waals surface area contributed by atoms with Gasteiger partial charge in [-0.25, -0.2) is 0 Å². The number of hydrogen-bond acceptors (Lipinski definition) is 2. The molecule has 1 nitrogen and oxygen atoms in total. The summed E-state index contributed by atoms with van der Waals surface area (Å²) in [5.74, 6) is 1.19. The molecule has 0 heterocycles. The summed E-state index contributed by atoms with van der Waals surface area (Å²) in [5, 5.41) is 0. The summed E-state index contributed by atoms with van der Waals surface area (Å²) in [7, 11) is 0. The molecule has 2 heteroatoms. The van der Waals surface area contributed by atoms with Crippen molar-refractivity contribution in [3.8, 4) is 0 Å². The lowest BCUT2D eigenvalue weighted by Gasteiger charge is -2.06. The molecule has 0 amide bonds. The van der Waals surface area contributed by atoms with E-state index in [1.54, 1.807) is 0 Å². The second-order valence-electron chi connectivity index (χ2n) is 3.21. The molecule has 1 aromatic rings. The van der Waals surface area contributed by atoms with Crippen molar-refractivity contribution < 1.29 is 0 Å². The van der Waals surface area contributed by atoms with E-state index in [0.29, 0.717) is 0 Å². The van der Waals surface area contributed by atoms with Crippen LogP contribution < -0.4 is 5.73 Å². The average Bonchev–Trinajstić information content (AvgIpc) is 2.15. The maximum Gasteiger partial charge on any atom is 0.0266 e. The van der Waals surface area contributed by atoms with Crippen LogP contribution in [0.25, 0.3) is 0 Å². The summed E-state index contributed by atoms with van der Waals surface area (Å²) in [4.78, 5) is 1.34. The van der Waals surface area contributed by atoms with Gasteiger partial charge in [-0.15, -0.1) is 11.8 Å². The lowest BCUT2D eigenvalue weighted by Crippen LogP contribution is -2.04. The normalized spacial score (nSPS) is 12.8. The van der Waals surface area contributed by atoms with Crippen LogP contribution in [0.2, 0.25) is 0 Å². The predicted molar refractivity (Wildman–Crippen MR) is 60.1 cm³/mol. The van der Waals surface area contributed by atoms with Crippen LogP contribution in [0, 0.1) is 0 Å². The second-order valence-corrected chi connectivity index (χ2v) is 4.37. The highest BCUT2D eigenvalue weighted by Gasteiger charge is 1.98. The first-order valence-electron chi connectivity index (χ1n) is 4.72. The third-order valence-electron chi connectivity index (χ3n) is 1.88. The minimum atomic E-state index is 0.144. The van der Waals surface area contributed by atoms with E-state index < -0.39 is 0 Å². The Morgan fingerprint density at radius 3 is 2.38 bits per heavy atom. The van der Waals surface area contributed by atoms with E-state index in [1.165, 1.54) is 22.6 Å². The molecule has 0 aliphatic rings. The molecule has 0 saturated heterocycles. The fourth-order valence-electron chi connectivity index (χ4n) is 1.09. The highest BCUT2D eigenvalue weighted by molar-refractivity contribution is 7.99. The standard InChI is InChI=1S/C11H17NS/c1-3-8-13-11-6-4-10(5-7-11)9(2)12/h4-7,9H,3,8,12H2,1-2H3. The summed E-state index contributed by atoms with van der Waals surface area (Å²) in [6.07, 6.45) is 1.22. The van der Waals surface area contributed by atoms with E-state index in [-0.39, 0.29) is 6.04 Å². The number of benzene rings is 1. The van der Waals surface area contributed by atoms with E-state index in [9.17, 15) is 0 Å². The van der Waals surface area contributed by atoms with Gasteiger partial charge in [0.05, 0.1) is 0 Å². The van der Waals surface area contributed by atoms with Crippen LogP contribution in [0.3, 0.4) is 0 Å². The van der Waals surface area contributed by atoms with Crippen LogP contribution in [0.5, 0.6) is 0 Å². The minimum Gasteiger partial charge on any atom is -0.324 e. The number of rotatable bonds is 4. The maximum absolute atomic E-state index is 5.76. The Bertz CT molecular complexity index is 241. The monoisotopic (exact) mass is 195 g/mol. The zero-order valence-electron chi connectivity index (χ0n) is 8.29. The van der Waals surface area contributed by atoms with Gasteiger partial charge >= 0.3 is 0 Å². The van der Waals surface area contributed by atoms with Gasteiger partial charge < -0.3 is 5.73 Å². The zero-order valence-corrected chi connectivity index (χ0v) is 9.10. The van der Waals surface area contributed by atoms with Gasteiger partial charge in [0.2, 0.25) is 0 Å². The number of hydrogen-bond donors (Lipinski definition) is 1. The zero-order chi connectivity index (χ0) is 9.68. The molecule has 0 aliphatic heterocycles. The van der Waals surface area contributed by atoms with Gasteiger partial charge in [-0.2, -0.15) is 0 Å². The van der Waals surface area contributed by atoms with Crippen LogP contribution in [0.15, 0.2) is 29.2 Å². The average molecular weight is 195 g/mol.